The number of hydrogen-bond donors (Lipinski definition) is 1. The van der Waals surface area contributed by atoms with E-state index in [0.29, 0.717) is 45.6 Å². The van der Waals surface area contributed by atoms with Gasteiger partial charge in [-0.05, 0) is 26.2 Å². The van der Waals surface area contributed by atoms with Gasteiger partial charge in [0.1, 0.15) is 6.10 Å². The van der Waals surface area contributed by atoms with E-state index in [-0.39, 0.29) is 24.0 Å². The second kappa shape index (κ2) is 7.04. The first-order chi connectivity index (χ1) is 9.58. The Kier molecular flexibility index (Phi) is 5.37. The standard InChI is InChI=1S/C14H25N3O3/c1-11(15)4-5-13(18)16-6-8-17(9-7-16)14(19)12-3-2-10-20-12/h11-12H,2-10,15H2,1H3. The van der Waals surface area contributed by atoms with Gasteiger partial charge in [0.25, 0.3) is 5.91 Å². The highest BCUT2D eigenvalue weighted by atomic mass is 16.5. The molecule has 0 bridgehead atoms. The van der Waals surface area contributed by atoms with Gasteiger partial charge in [-0.25, -0.2) is 0 Å². The number of rotatable bonds is 4. The fourth-order valence-corrected chi connectivity index (χ4v) is 2.66. The topological polar surface area (TPSA) is 75.9 Å². The second-order valence-corrected chi connectivity index (χ2v) is 5.72. The molecule has 0 aromatic rings. The van der Waals surface area contributed by atoms with E-state index < -0.39 is 0 Å². The molecule has 0 aromatic carbocycles. The van der Waals surface area contributed by atoms with Crippen molar-refractivity contribution in [1.29, 1.82) is 0 Å². The highest BCUT2D eigenvalue weighted by Crippen LogP contribution is 2.16. The first kappa shape index (κ1) is 15.3. The number of ether oxygens (including phenoxy) is 1. The lowest BCUT2D eigenvalue weighted by atomic mass is 10.1. The Bertz CT molecular complexity index is 346. The van der Waals surface area contributed by atoms with E-state index in [9.17, 15) is 9.59 Å². The lowest BCUT2D eigenvalue weighted by Crippen LogP contribution is -2.52. The first-order valence-electron chi connectivity index (χ1n) is 7.51. The van der Waals surface area contributed by atoms with Crippen molar-refractivity contribution in [2.75, 3.05) is 32.8 Å². The maximum absolute atomic E-state index is 12.2. The normalized spacial score (nSPS) is 24.8. The summed E-state index contributed by atoms with van der Waals surface area (Å²) in [5.41, 5.74) is 5.66. The van der Waals surface area contributed by atoms with Crippen molar-refractivity contribution >= 4 is 11.8 Å². The van der Waals surface area contributed by atoms with Crippen LogP contribution in [0.1, 0.15) is 32.6 Å². The zero-order chi connectivity index (χ0) is 14.5. The Morgan fingerprint density at radius 3 is 2.45 bits per heavy atom. The molecule has 20 heavy (non-hydrogen) atoms. The molecule has 6 heteroatoms. The molecule has 0 spiro atoms. The Hall–Kier alpha value is -1.14. The minimum atomic E-state index is -0.254. The van der Waals surface area contributed by atoms with Gasteiger partial charge in [0.15, 0.2) is 0 Å². The molecular weight excluding hydrogens is 258 g/mol. The lowest BCUT2D eigenvalue weighted by molar-refractivity contribution is -0.146. The van der Waals surface area contributed by atoms with E-state index in [2.05, 4.69) is 0 Å². The third-order valence-corrected chi connectivity index (χ3v) is 3.96. The minimum Gasteiger partial charge on any atom is -0.368 e. The van der Waals surface area contributed by atoms with Crippen molar-refractivity contribution in [1.82, 2.24) is 9.80 Å². The second-order valence-electron chi connectivity index (χ2n) is 5.72. The molecule has 2 amide bonds. The number of piperazine rings is 1. The van der Waals surface area contributed by atoms with Crippen LogP contribution in [-0.4, -0.2) is 66.5 Å². The molecule has 2 atom stereocenters. The van der Waals surface area contributed by atoms with Gasteiger partial charge in [0.2, 0.25) is 5.91 Å². The largest absolute Gasteiger partial charge is 0.368 e. The fraction of sp³-hybridized carbons (Fsp3) is 0.857. The SMILES string of the molecule is CC(N)CCC(=O)N1CCN(C(=O)C2CCCO2)CC1. The number of nitrogens with zero attached hydrogens (tertiary/aromatic N) is 2. The number of carbonyl (C=O) groups excluding carboxylic acids is 2. The lowest BCUT2D eigenvalue weighted by Gasteiger charge is -2.35. The van der Waals surface area contributed by atoms with E-state index in [1.165, 1.54) is 0 Å². The predicted molar refractivity (Wildman–Crippen MR) is 75.0 cm³/mol. The van der Waals surface area contributed by atoms with E-state index in [1.807, 2.05) is 16.7 Å². The van der Waals surface area contributed by atoms with E-state index >= 15 is 0 Å². The smallest absolute Gasteiger partial charge is 0.251 e. The van der Waals surface area contributed by atoms with Crippen LogP contribution in [0.5, 0.6) is 0 Å². The van der Waals surface area contributed by atoms with Gasteiger partial charge in [-0.3, -0.25) is 9.59 Å². The molecule has 2 aliphatic heterocycles. The Balaban J connectivity index is 1.74. The van der Waals surface area contributed by atoms with Crippen LogP contribution in [0.2, 0.25) is 0 Å². The van der Waals surface area contributed by atoms with Crippen molar-refractivity contribution in [2.45, 2.75) is 44.8 Å². The van der Waals surface area contributed by atoms with Crippen molar-refractivity contribution in [3.8, 4) is 0 Å². The van der Waals surface area contributed by atoms with Crippen LogP contribution in [-0.2, 0) is 14.3 Å². The van der Waals surface area contributed by atoms with Crippen LogP contribution in [0.3, 0.4) is 0 Å². The summed E-state index contributed by atoms with van der Waals surface area (Å²) in [4.78, 5) is 27.8. The van der Waals surface area contributed by atoms with Gasteiger partial charge >= 0.3 is 0 Å². The highest BCUT2D eigenvalue weighted by Gasteiger charge is 2.31. The Morgan fingerprint density at radius 1 is 1.25 bits per heavy atom. The van der Waals surface area contributed by atoms with Gasteiger partial charge in [0.05, 0.1) is 0 Å². The number of hydrogen-bond acceptors (Lipinski definition) is 4. The summed E-state index contributed by atoms with van der Waals surface area (Å²) in [5.74, 6) is 0.233. The predicted octanol–water partition coefficient (Wildman–Crippen LogP) is -0.0364. The first-order valence-corrected chi connectivity index (χ1v) is 7.51. The molecular formula is C14H25N3O3. The average Bonchev–Trinajstić information content (AvgIpc) is 2.98. The third kappa shape index (κ3) is 3.93. The van der Waals surface area contributed by atoms with Gasteiger partial charge in [-0.1, -0.05) is 0 Å². The van der Waals surface area contributed by atoms with E-state index in [1.54, 1.807) is 0 Å². The summed E-state index contributed by atoms with van der Waals surface area (Å²) in [6.07, 6.45) is 2.75. The summed E-state index contributed by atoms with van der Waals surface area (Å²) >= 11 is 0. The van der Waals surface area contributed by atoms with Crippen molar-refractivity contribution < 1.29 is 14.3 Å². The summed E-state index contributed by atoms with van der Waals surface area (Å²) in [5, 5.41) is 0. The number of amides is 2. The quantitative estimate of drug-likeness (QED) is 0.786. The molecule has 2 heterocycles. The van der Waals surface area contributed by atoms with Crippen molar-refractivity contribution in [2.24, 2.45) is 5.73 Å². The summed E-state index contributed by atoms with van der Waals surface area (Å²) in [6, 6.07) is 0.0568. The molecule has 2 aliphatic rings. The molecule has 0 radical (unpaired) electrons. The van der Waals surface area contributed by atoms with Gasteiger partial charge in [0, 0.05) is 45.2 Å². The van der Waals surface area contributed by atoms with Crippen molar-refractivity contribution in [3.63, 3.8) is 0 Å². The molecule has 0 aliphatic carbocycles. The van der Waals surface area contributed by atoms with Crippen molar-refractivity contribution in [3.05, 3.63) is 0 Å². The zero-order valence-electron chi connectivity index (χ0n) is 12.2. The van der Waals surface area contributed by atoms with Gasteiger partial charge < -0.3 is 20.3 Å². The van der Waals surface area contributed by atoms with Crippen LogP contribution in [0.25, 0.3) is 0 Å². The van der Waals surface area contributed by atoms with E-state index in [0.717, 1.165) is 12.8 Å². The molecule has 0 aromatic heterocycles. The Labute approximate surface area is 120 Å². The molecule has 6 nitrogen and oxygen atoms in total. The van der Waals surface area contributed by atoms with Crippen LogP contribution >= 0.6 is 0 Å². The molecule has 0 saturated carbocycles. The molecule has 2 rings (SSSR count). The van der Waals surface area contributed by atoms with Gasteiger partial charge in [-0.15, -0.1) is 0 Å². The number of nitrogens with two attached hydrogens (primary N) is 1. The molecule has 114 valence electrons. The monoisotopic (exact) mass is 283 g/mol. The fourth-order valence-electron chi connectivity index (χ4n) is 2.66. The van der Waals surface area contributed by atoms with Gasteiger partial charge in [-0.2, -0.15) is 0 Å². The third-order valence-electron chi connectivity index (χ3n) is 3.96. The van der Waals surface area contributed by atoms with Crippen LogP contribution < -0.4 is 5.73 Å². The molecule has 2 N–H and O–H groups in total. The Morgan fingerprint density at radius 2 is 1.90 bits per heavy atom. The maximum Gasteiger partial charge on any atom is 0.251 e. The summed E-state index contributed by atoms with van der Waals surface area (Å²) in [6.45, 7) is 5.06. The van der Waals surface area contributed by atoms with E-state index in [4.69, 9.17) is 10.5 Å². The van der Waals surface area contributed by atoms with Crippen LogP contribution in [0.15, 0.2) is 0 Å². The average molecular weight is 283 g/mol. The molecule has 2 fully saturated rings. The van der Waals surface area contributed by atoms with Crippen LogP contribution in [0.4, 0.5) is 0 Å². The molecule has 2 saturated heterocycles. The number of carbonyl (C=O) groups is 2. The molecule has 2 unspecified atom stereocenters. The highest BCUT2D eigenvalue weighted by molar-refractivity contribution is 5.82. The maximum atomic E-state index is 12.2. The summed E-state index contributed by atoms with van der Waals surface area (Å²) in [7, 11) is 0. The minimum absolute atomic E-state index is 0.0568. The van der Waals surface area contributed by atoms with Crippen LogP contribution in [0, 0.1) is 0 Å². The summed E-state index contributed by atoms with van der Waals surface area (Å²) < 4.78 is 5.42. The zero-order valence-corrected chi connectivity index (χ0v) is 12.2.